The highest BCUT2D eigenvalue weighted by atomic mass is 31.2. The van der Waals surface area contributed by atoms with Crippen LogP contribution >= 0.6 is 7.82 Å². The van der Waals surface area contributed by atoms with Crippen LogP contribution in [0.5, 0.6) is 11.5 Å². The van der Waals surface area contributed by atoms with E-state index in [1.165, 1.54) is 0 Å². The van der Waals surface area contributed by atoms with E-state index in [0.29, 0.717) is 36.5 Å². The van der Waals surface area contributed by atoms with E-state index in [4.69, 9.17) is 18.3 Å². The van der Waals surface area contributed by atoms with Gasteiger partial charge in [-0.15, -0.1) is 0 Å². The molecule has 0 heterocycles. The van der Waals surface area contributed by atoms with Crippen LogP contribution in [0.25, 0.3) is 0 Å². The number of hydrogen-bond donors (Lipinski definition) is 0. The van der Waals surface area contributed by atoms with Crippen molar-refractivity contribution in [3.05, 3.63) is 24.3 Å². The van der Waals surface area contributed by atoms with Gasteiger partial charge in [0.05, 0.1) is 20.3 Å². The summed E-state index contributed by atoms with van der Waals surface area (Å²) < 4.78 is 36.0. The van der Waals surface area contributed by atoms with Crippen LogP contribution in [0, 0.1) is 11.8 Å². The molecular formula is C23H41O5P. The molecule has 0 bridgehead atoms. The Kier molecular flexibility index (Phi) is 13.3. The Morgan fingerprint density at radius 1 is 0.793 bits per heavy atom. The van der Waals surface area contributed by atoms with Gasteiger partial charge in [0, 0.05) is 0 Å². The first-order valence-corrected chi connectivity index (χ1v) is 12.7. The number of methoxy groups -OCH3 is 1. The normalized spacial score (nSPS) is 15.5. The van der Waals surface area contributed by atoms with Gasteiger partial charge < -0.3 is 9.26 Å². The number of benzene rings is 1. The van der Waals surface area contributed by atoms with Gasteiger partial charge in [0.15, 0.2) is 0 Å². The summed E-state index contributed by atoms with van der Waals surface area (Å²) in [5, 5.41) is 0. The largest absolute Gasteiger partial charge is 0.530 e. The molecular weight excluding hydrogens is 387 g/mol. The first-order chi connectivity index (χ1) is 14.0. The zero-order valence-corrected chi connectivity index (χ0v) is 19.9. The van der Waals surface area contributed by atoms with Crippen molar-refractivity contribution in [2.45, 2.75) is 79.1 Å². The van der Waals surface area contributed by atoms with Crippen LogP contribution in [0.15, 0.2) is 24.3 Å². The first-order valence-electron chi connectivity index (χ1n) is 11.2. The van der Waals surface area contributed by atoms with Crippen molar-refractivity contribution in [1.82, 2.24) is 0 Å². The molecule has 2 atom stereocenters. The number of hydrogen-bond acceptors (Lipinski definition) is 5. The number of unbranched alkanes of at least 4 members (excludes halogenated alkanes) is 2. The van der Waals surface area contributed by atoms with Gasteiger partial charge >= 0.3 is 7.82 Å². The molecule has 0 aliphatic heterocycles. The van der Waals surface area contributed by atoms with Crippen molar-refractivity contribution in [2.24, 2.45) is 11.8 Å². The summed E-state index contributed by atoms with van der Waals surface area (Å²) in [4.78, 5) is 0. The van der Waals surface area contributed by atoms with Gasteiger partial charge in [0.2, 0.25) is 0 Å². The summed E-state index contributed by atoms with van der Waals surface area (Å²) in [6.07, 6.45) is 8.65. The lowest BCUT2D eigenvalue weighted by Crippen LogP contribution is -2.14. The van der Waals surface area contributed by atoms with Crippen LogP contribution in [-0.2, 0) is 13.6 Å². The summed E-state index contributed by atoms with van der Waals surface area (Å²) >= 11 is 0. The lowest BCUT2D eigenvalue weighted by molar-refractivity contribution is 0.115. The monoisotopic (exact) mass is 428 g/mol. The zero-order valence-electron chi connectivity index (χ0n) is 19.0. The molecule has 0 aliphatic carbocycles. The maximum atomic E-state index is 13.4. The molecule has 0 saturated heterocycles. The highest BCUT2D eigenvalue weighted by Gasteiger charge is 2.31. The minimum Gasteiger partial charge on any atom is -0.497 e. The standard InChI is InChI=1S/C23H41O5P/c1-6-10-12-20(8-3)18-26-29(24,27-19-21(9-4)13-11-7-2)28-23-16-14-22(25-5)15-17-23/h14-17,20-21H,6-13,18-19H2,1-5H3. The lowest BCUT2D eigenvalue weighted by atomic mass is 10.0. The van der Waals surface area contributed by atoms with Gasteiger partial charge in [-0.3, -0.25) is 9.05 Å². The highest BCUT2D eigenvalue weighted by Crippen LogP contribution is 2.50. The number of rotatable bonds is 17. The molecule has 2 unspecified atom stereocenters. The third-order valence-corrected chi connectivity index (χ3v) is 6.66. The Balaban J connectivity index is 2.82. The van der Waals surface area contributed by atoms with E-state index in [-0.39, 0.29) is 0 Å². The summed E-state index contributed by atoms with van der Waals surface area (Å²) in [6, 6.07) is 6.99. The quantitative estimate of drug-likeness (QED) is 0.239. The van der Waals surface area contributed by atoms with E-state index in [2.05, 4.69) is 27.7 Å². The van der Waals surface area contributed by atoms with Crippen LogP contribution in [-0.4, -0.2) is 20.3 Å². The van der Waals surface area contributed by atoms with E-state index in [9.17, 15) is 4.57 Å². The number of phosphoric acid groups is 1. The van der Waals surface area contributed by atoms with Crippen molar-refractivity contribution in [3.63, 3.8) is 0 Å². The molecule has 0 spiro atoms. The molecule has 1 aromatic rings. The fourth-order valence-corrected chi connectivity index (χ4v) is 4.39. The SMILES string of the molecule is CCCCC(CC)COP(=O)(OCC(CC)CCCC)Oc1ccc(OC)cc1. The fourth-order valence-electron chi connectivity index (χ4n) is 3.05. The Morgan fingerprint density at radius 2 is 1.24 bits per heavy atom. The molecule has 0 saturated carbocycles. The van der Waals surface area contributed by atoms with Crippen molar-refractivity contribution in [2.75, 3.05) is 20.3 Å². The maximum absolute atomic E-state index is 13.4. The molecule has 168 valence electrons. The van der Waals surface area contributed by atoms with Crippen molar-refractivity contribution in [1.29, 1.82) is 0 Å². The molecule has 1 rings (SSSR count). The smallest absolute Gasteiger partial charge is 0.497 e. The van der Waals surface area contributed by atoms with Gasteiger partial charge in [-0.2, -0.15) is 0 Å². The summed E-state index contributed by atoms with van der Waals surface area (Å²) in [5.41, 5.74) is 0. The second-order valence-corrected chi connectivity index (χ2v) is 9.23. The molecule has 0 aromatic heterocycles. The fraction of sp³-hybridized carbons (Fsp3) is 0.739. The van der Waals surface area contributed by atoms with Crippen molar-refractivity contribution in [3.8, 4) is 11.5 Å². The Morgan fingerprint density at radius 3 is 1.62 bits per heavy atom. The molecule has 29 heavy (non-hydrogen) atoms. The zero-order chi connectivity index (χ0) is 21.5. The van der Waals surface area contributed by atoms with E-state index in [0.717, 1.165) is 51.4 Å². The maximum Gasteiger partial charge on any atom is 0.530 e. The molecule has 0 fully saturated rings. The van der Waals surface area contributed by atoms with Gasteiger partial charge in [-0.05, 0) is 48.9 Å². The second-order valence-electron chi connectivity index (χ2n) is 7.64. The lowest BCUT2D eigenvalue weighted by Gasteiger charge is -2.23. The predicted molar refractivity (Wildman–Crippen MR) is 120 cm³/mol. The van der Waals surface area contributed by atoms with E-state index in [1.807, 2.05) is 0 Å². The van der Waals surface area contributed by atoms with Gasteiger partial charge in [-0.1, -0.05) is 66.2 Å². The highest BCUT2D eigenvalue weighted by molar-refractivity contribution is 7.48. The molecule has 0 N–H and O–H groups in total. The van der Waals surface area contributed by atoms with E-state index < -0.39 is 7.82 Å². The Labute approximate surface area is 178 Å². The first kappa shape index (κ1) is 26.0. The van der Waals surface area contributed by atoms with Crippen LogP contribution in [0.1, 0.15) is 79.1 Å². The Hall–Kier alpha value is -1.03. The molecule has 1 aromatic carbocycles. The molecule has 0 amide bonds. The number of ether oxygens (including phenoxy) is 1. The minimum absolute atomic E-state index is 0.355. The predicted octanol–water partition coefficient (Wildman–Crippen LogP) is 7.65. The third-order valence-electron chi connectivity index (χ3n) is 5.30. The molecule has 6 heteroatoms. The molecule has 0 radical (unpaired) electrons. The number of phosphoric ester groups is 1. The second kappa shape index (κ2) is 14.9. The van der Waals surface area contributed by atoms with Crippen LogP contribution in [0.4, 0.5) is 0 Å². The van der Waals surface area contributed by atoms with Gasteiger partial charge in [0.25, 0.3) is 0 Å². The topological polar surface area (TPSA) is 54.0 Å². The van der Waals surface area contributed by atoms with Gasteiger partial charge in [0.1, 0.15) is 11.5 Å². The van der Waals surface area contributed by atoms with Gasteiger partial charge in [-0.25, -0.2) is 4.57 Å². The van der Waals surface area contributed by atoms with Crippen LogP contribution in [0.3, 0.4) is 0 Å². The summed E-state index contributed by atoms with van der Waals surface area (Å²) in [7, 11) is -2.10. The minimum atomic E-state index is -3.70. The van der Waals surface area contributed by atoms with Crippen LogP contribution < -0.4 is 9.26 Å². The van der Waals surface area contributed by atoms with E-state index >= 15 is 0 Å². The average molecular weight is 429 g/mol. The van der Waals surface area contributed by atoms with Crippen molar-refractivity contribution >= 4 is 7.82 Å². The molecule has 5 nitrogen and oxygen atoms in total. The summed E-state index contributed by atoms with van der Waals surface area (Å²) in [5.74, 6) is 1.88. The third kappa shape index (κ3) is 10.5. The molecule has 0 aliphatic rings. The average Bonchev–Trinajstić information content (AvgIpc) is 2.74. The van der Waals surface area contributed by atoms with E-state index in [1.54, 1.807) is 31.4 Å². The van der Waals surface area contributed by atoms with Crippen LogP contribution in [0.2, 0.25) is 0 Å². The van der Waals surface area contributed by atoms with Crippen molar-refractivity contribution < 1.29 is 22.9 Å². The summed E-state index contributed by atoms with van der Waals surface area (Å²) in [6.45, 7) is 9.39. The Bertz CT molecular complexity index is 551.